The molecule has 1 N–H and O–H groups in total. The molecule has 1 aromatic carbocycles. The van der Waals surface area contributed by atoms with E-state index in [0.717, 1.165) is 10.2 Å². The molecule has 0 heterocycles. The Bertz CT molecular complexity index is 373. The lowest BCUT2D eigenvalue weighted by Crippen LogP contribution is -2.18. The molecule has 2 unspecified atom stereocenters. The zero-order valence-corrected chi connectivity index (χ0v) is 14.2. The molecule has 0 spiro atoms. The second-order valence-electron chi connectivity index (χ2n) is 5.13. The van der Waals surface area contributed by atoms with Crippen LogP contribution >= 0.6 is 0 Å². The van der Waals surface area contributed by atoms with Crippen molar-refractivity contribution in [2.45, 2.75) is 52.4 Å². The van der Waals surface area contributed by atoms with Crippen LogP contribution in [0.5, 0.6) is 0 Å². The molecule has 17 heavy (non-hydrogen) atoms. The molecule has 0 radical (unpaired) electrons. The van der Waals surface area contributed by atoms with E-state index in [1.807, 2.05) is 7.05 Å². The standard InChI is InChI=1S/C15H27NSi/c1-6-10(3)14-12(16-5)8-9-13(17)15(14)11(4)7-2/h8-11,16H,6-7H2,1-5,17H3. The van der Waals surface area contributed by atoms with Gasteiger partial charge in [-0.15, -0.1) is 0 Å². The van der Waals surface area contributed by atoms with E-state index < -0.39 is 0 Å². The summed E-state index contributed by atoms with van der Waals surface area (Å²) in [5, 5.41) is 4.95. The van der Waals surface area contributed by atoms with Crippen LogP contribution < -0.4 is 10.5 Å². The fourth-order valence-corrected chi connectivity index (χ4v) is 3.49. The van der Waals surface area contributed by atoms with Crippen LogP contribution in [0.3, 0.4) is 0 Å². The molecule has 1 nitrogen and oxygen atoms in total. The van der Waals surface area contributed by atoms with E-state index in [0.29, 0.717) is 11.8 Å². The van der Waals surface area contributed by atoms with Gasteiger partial charge in [0.25, 0.3) is 0 Å². The van der Waals surface area contributed by atoms with Crippen molar-refractivity contribution < 1.29 is 0 Å². The number of hydrogen-bond donors (Lipinski definition) is 1. The first-order chi connectivity index (χ1) is 8.06. The highest BCUT2D eigenvalue weighted by molar-refractivity contribution is 6.33. The zero-order valence-electron chi connectivity index (χ0n) is 12.2. The third-order valence-corrected chi connectivity index (χ3v) is 4.86. The lowest BCUT2D eigenvalue weighted by molar-refractivity contribution is 0.681. The fraction of sp³-hybridized carbons (Fsp3) is 0.600. The number of nitrogens with one attached hydrogen (secondary N) is 1. The summed E-state index contributed by atoms with van der Waals surface area (Å²) in [7, 11) is 3.18. The van der Waals surface area contributed by atoms with Gasteiger partial charge >= 0.3 is 0 Å². The molecule has 0 fully saturated rings. The minimum Gasteiger partial charge on any atom is -0.388 e. The Balaban J connectivity index is 3.41. The highest BCUT2D eigenvalue weighted by Gasteiger charge is 2.18. The molecule has 0 aliphatic carbocycles. The third kappa shape index (κ3) is 2.92. The smallest absolute Gasteiger partial charge is 0.0388 e. The molecule has 0 bridgehead atoms. The van der Waals surface area contributed by atoms with Crippen molar-refractivity contribution in [2.75, 3.05) is 12.4 Å². The Morgan fingerprint density at radius 1 is 1.06 bits per heavy atom. The maximum absolute atomic E-state index is 3.37. The zero-order chi connectivity index (χ0) is 13.0. The summed E-state index contributed by atoms with van der Waals surface area (Å²) < 4.78 is 0. The highest BCUT2D eigenvalue weighted by atomic mass is 28.1. The fourth-order valence-electron chi connectivity index (χ4n) is 2.56. The summed E-state index contributed by atoms with van der Waals surface area (Å²) >= 11 is 0. The van der Waals surface area contributed by atoms with Gasteiger partial charge in [0, 0.05) is 23.0 Å². The minimum absolute atomic E-state index is 0.648. The molecule has 0 aliphatic rings. The quantitative estimate of drug-likeness (QED) is 0.791. The summed E-state index contributed by atoms with van der Waals surface area (Å²) in [6, 6.07) is 4.57. The molecule has 1 aromatic rings. The van der Waals surface area contributed by atoms with Gasteiger partial charge < -0.3 is 5.32 Å². The van der Waals surface area contributed by atoms with Crippen LogP contribution in [0.4, 0.5) is 5.69 Å². The van der Waals surface area contributed by atoms with E-state index in [-0.39, 0.29) is 0 Å². The number of hydrogen-bond acceptors (Lipinski definition) is 1. The van der Waals surface area contributed by atoms with Crippen LogP contribution in [0.1, 0.15) is 63.5 Å². The number of rotatable bonds is 5. The second-order valence-corrected chi connectivity index (χ2v) is 6.20. The van der Waals surface area contributed by atoms with Crippen LogP contribution in [-0.2, 0) is 0 Å². The molecule has 0 aromatic heterocycles. The van der Waals surface area contributed by atoms with Gasteiger partial charge in [-0.05, 0) is 41.9 Å². The van der Waals surface area contributed by atoms with Crippen molar-refractivity contribution in [2.24, 2.45) is 0 Å². The molecular weight excluding hydrogens is 222 g/mol. The summed E-state index contributed by atoms with van der Waals surface area (Å²) in [6.07, 6.45) is 2.44. The van der Waals surface area contributed by atoms with Gasteiger partial charge in [-0.1, -0.05) is 38.9 Å². The lowest BCUT2D eigenvalue weighted by Gasteiger charge is -2.25. The number of benzene rings is 1. The van der Waals surface area contributed by atoms with E-state index in [2.05, 4.69) is 45.1 Å². The molecule has 0 amide bonds. The summed E-state index contributed by atoms with van der Waals surface area (Å²) in [5.41, 5.74) is 4.52. The van der Waals surface area contributed by atoms with Gasteiger partial charge in [-0.25, -0.2) is 0 Å². The first-order valence-electron chi connectivity index (χ1n) is 6.87. The van der Waals surface area contributed by atoms with E-state index >= 15 is 0 Å². The molecule has 96 valence electrons. The molecule has 2 heteroatoms. The molecule has 0 saturated heterocycles. The Morgan fingerprint density at radius 2 is 1.59 bits per heavy atom. The second kappa shape index (κ2) is 6.25. The van der Waals surface area contributed by atoms with Crippen molar-refractivity contribution in [3.8, 4) is 0 Å². The molecule has 0 saturated carbocycles. The topological polar surface area (TPSA) is 12.0 Å². The SMILES string of the molecule is CCC(C)c1c([SiH3])ccc(NC)c1C(C)CC. The Kier molecular flexibility index (Phi) is 5.25. The van der Waals surface area contributed by atoms with Crippen molar-refractivity contribution >= 4 is 21.1 Å². The van der Waals surface area contributed by atoms with Gasteiger partial charge in [-0.3, -0.25) is 0 Å². The first kappa shape index (κ1) is 14.3. The molecule has 0 aliphatic heterocycles. The van der Waals surface area contributed by atoms with Crippen molar-refractivity contribution in [1.29, 1.82) is 0 Å². The third-order valence-electron chi connectivity index (χ3n) is 3.98. The average molecular weight is 249 g/mol. The van der Waals surface area contributed by atoms with E-state index in [1.165, 1.54) is 18.5 Å². The van der Waals surface area contributed by atoms with Gasteiger partial charge in [0.1, 0.15) is 0 Å². The molecule has 1 rings (SSSR count). The maximum atomic E-state index is 3.37. The molecular formula is C15H27NSi. The van der Waals surface area contributed by atoms with Crippen LogP contribution in [0, 0.1) is 0 Å². The van der Waals surface area contributed by atoms with Crippen LogP contribution in [0.25, 0.3) is 0 Å². The van der Waals surface area contributed by atoms with Crippen LogP contribution in [0.2, 0.25) is 0 Å². The minimum atomic E-state index is 0.648. The largest absolute Gasteiger partial charge is 0.388 e. The van der Waals surface area contributed by atoms with Gasteiger partial charge in [0.05, 0.1) is 0 Å². The average Bonchev–Trinajstić information content (AvgIpc) is 2.36. The first-order valence-corrected chi connectivity index (χ1v) is 7.87. The van der Waals surface area contributed by atoms with Gasteiger partial charge in [0.15, 0.2) is 0 Å². The van der Waals surface area contributed by atoms with Crippen molar-refractivity contribution in [3.63, 3.8) is 0 Å². The van der Waals surface area contributed by atoms with Crippen molar-refractivity contribution in [1.82, 2.24) is 0 Å². The Labute approximate surface area is 109 Å². The normalized spacial score (nSPS) is 14.6. The highest BCUT2D eigenvalue weighted by Crippen LogP contribution is 2.33. The summed E-state index contributed by atoms with van der Waals surface area (Å²) in [4.78, 5) is 0. The van der Waals surface area contributed by atoms with E-state index in [9.17, 15) is 0 Å². The van der Waals surface area contributed by atoms with Crippen molar-refractivity contribution in [3.05, 3.63) is 23.3 Å². The maximum Gasteiger partial charge on any atom is 0.0388 e. The monoisotopic (exact) mass is 249 g/mol. The van der Waals surface area contributed by atoms with E-state index in [4.69, 9.17) is 0 Å². The Morgan fingerprint density at radius 3 is 2.06 bits per heavy atom. The number of anilines is 1. The van der Waals surface area contributed by atoms with Gasteiger partial charge in [0.2, 0.25) is 0 Å². The summed E-state index contributed by atoms with van der Waals surface area (Å²) in [6.45, 7) is 9.29. The van der Waals surface area contributed by atoms with Gasteiger partial charge in [-0.2, -0.15) is 0 Å². The molecule has 2 atom stereocenters. The lowest BCUT2D eigenvalue weighted by atomic mass is 9.85. The Hall–Kier alpha value is -0.763. The summed E-state index contributed by atoms with van der Waals surface area (Å²) in [5.74, 6) is 1.33. The van der Waals surface area contributed by atoms with E-state index in [1.54, 1.807) is 16.3 Å². The van der Waals surface area contributed by atoms with Crippen LogP contribution in [-0.4, -0.2) is 17.3 Å². The van der Waals surface area contributed by atoms with Crippen LogP contribution in [0.15, 0.2) is 12.1 Å². The predicted octanol–water partition coefficient (Wildman–Crippen LogP) is 2.75. The predicted molar refractivity (Wildman–Crippen MR) is 83.0 cm³/mol.